The van der Waals surface area contributed by atoms with Gasteiger partial charge in [-0.2, -0.15) is 0 Å². The SMILES string of the molecule is CC(C)(C)NC(=O)[C@@H]1CN(Cc2ccc(Cl)c(Cl)c2)CCN1C[C@@H](O)C[C@@H](CC1CCCCC1)C(=O)N[C@H]1c2cc(Br)ccc2C[C@H]1O. The first-order chi connectivity index (χ1) is 22.8. The molecule has 11 heteroatoms. The molecule has 48 heavy (non-hydrogen) atoms. The van der Waals surface area contributed by atoms with E-state index in [1.54, 1.807) is 6.07 Å². The fourth-order valence-corrected chi connectivity index (χ4v) is 8.38. The molecule has 1 heterocycles. The zero-order valence-electron chi connectivity index (χ0n) is 28.4. The molecule has 0 unspecified atom stereocenters. The number of hydrogen-bond acceptors (Lipinski definition) is 6. The molecular formula is C37H51BrCl2N4O4. The molecule has 1 aliphatic heterocycles. The van der Waals surface area contributed by atoms with Crippen LogP contribution in [0.3, 0.4) is 0 Å². The number of β-amino-alcohol motifs (C(OH)–C–C–N with tert-alkyl or cyclic N) is 1. The number of fused-ring (bicyclic) bond motifs is 1. The van der Waals surface area contributed by atoms with Crippen molar-refractivity contribution in [1.82, 2.24) is 20.4 Å². The van der Waals surface area contributed by atoms with Crippen LogP contribution in [0.5, 0.6) is 0 Å². The van der Waals surface area contributed by atoms with Gasteiger partial charge in [-0.1, -0.05) is 83.4 Å². The number of halogens is 3. The summed E-state index contributed by atoms with van der Waals surface area (Å²) in [7, 11) is 0. The average molecular weight is 767 g/mol. The largest absolute Gasteiger partial charge is 0.392 e. The molecule has 264 valence electrons. The fourth-order valence-electron chi connectivity index (χ4n) is 7.68. The monoisotopic (exact) mass is 764 g/mol. The number of amides is 2. The Labute approximate surface area is 304 Å². The van der Waals surface area contributed by atoms with E-state index in [4.69, 9.17) is 23.2 Å². The van der Waals surface area contributed by atoms with E-state index in [2.05, 4.69) is 36.4 Å². The molecule has 3 aliphatic rings. The van der Waals surface area contributed by atoms with Gasteiger partial charge in [-0.05, 0) is 80.5 Å². The van der Waals surface area contributed by atoms with Gasteiger partial charge in [0.15, 0.2) is 0 Å². The van der Waals surface area contributed by atoms with Crippen LogP contribution in [0.25, 0.3) is 0 Å². The molecule has 8 nitrogen and oxygen atoms in total. The Morgan fingerprint density at radius 1 is 1.04 bits per heavy atom. The minimum Gasteiger partial charge on any atom is -0.392 e. The maximum atomic E-state index is 14.0. The van der Waals surface area contributed by atoms with Crippen molar-refractivity contribution < 1.29 is 19.8 Å². The van der Waals surface area contributed by atoms with E-state index in [0.717, 1.165) is 34.0 Å². The predicted molar refractivity (Wildman–Crippen MR) is 195 cm³/mol. The number of rotatable bonds is 11. The number of piperazine rings is 1. The Morgan fingerprint density at radius 3 is 2.50 bits per heavy atom. The van der Waals surface area contributed by atoms with Gasteiger partial charge in [-0.3, -0.25) is 19.4 Å². The lowest BCUT2D eigenvalue weighted by Gasteiger charge is -2.42. The molecule has 5 atom stereocenters. The van der Waals surface area contributed by atoms with Crippen LogP contribution in [-0.4, -0.2) is 81.8 Å². The van der Waals surface area contributed by atoms with Crippen molar-refractivity contribution >= 4 is 50.9 Å². The smallest absolute Gasteiger partial charge is 0.239 e. The molecule has 0 spiro atoms. The van der Waals surface area contributed by atoms with Gasteiger partial charge in [0.2, 0.25) is 11.8 Å². The van der Waals surface area contributed by atoms with Crippen LogP contribution in [-0.2, 0) is 22.6 Å². The average Bonchev–Trinajstić information content (AvgIpc) is 3.32. The second kappa shape index (κ2) is 16.5. The van der Waals surface area contributed by atoms with Crippen LogP contribution in [0, 0.1) is 11.8 Å². The van der Waals surface area contributed by atoms with E-state index in [1.807, 2.05) is 51.1 Å². The molecule has 4 N–H and O–H groups in total. The lowest BCUT2D eigenvalue weighted by molar-refractivity contribution is -0.132. The minimum absolute atomic E-state index is 0.0786. The molecule has 5 rings (SSSR count). The van der Waals surface area contributed by atoms with Crippen molar-refractivity contribution in [2.24, 2.45) is 11.8 Å². The van der Waals surface area contributed by atoms with Crippen molar-refractivity contribution in [2.75, 3.05) is 26.2 Å². The van der Waals surface area contributed by atoms with Crippen molar-refractivity contribution in [3.05, 3.63) is 67.6 Å². The van der Waals surface area contributed by atoms with E-state index in [1.165, 1.54) is 19.3 Å². The Balaban J connectivity index is 1.28. The summed E-state index contributed by atoms with van der Waals surface area (Å²) in [6.45, 7) is 8.62. The Bertz CT molecular complexity index is 1430. The maximum Gasteiger partial charge on any atom is 0.239 e. The highest BCUT2D eigenvalue weighted by Crippen LogP contribution is 2.36. The highest BCUT2D eigenvalue weighted by molar-refractivity contribution is 9.10. The lowest BCUT2D eigenvalue weighted by atomic mass is 9.80. The van der Waals surface area contributed by atoms with Gasteiger partial charge in [-0.25, -0.2) is 0 Å². The number of carbonyl (C=O) groups is 2. The van der Waals surface area contributed by atoms with Crippen molar-refractivity contribution in [1.29, 1.82) is 0 Å². The van der Waals surface area contributed by atoms with Crippen LogP contribution < -0.4 is 10.6 Å². The number of nitrogens with zero attached hydrogens (tertiary/aromatic N) is 2. The van der Waals surface area contributed by atoms with Gasteiger partial charge in [0.1, 0.15) is 6.04 Å². The third kappa shape index (κ3) is 10.2. The predicted octanol–water partition coefficient (Wildman–Crippen LogP) is 6.27. The summed E-state index contributed by atoms with van der Waals surface area (Å²) in [6.07, 6.45) is 5.77. The fraction of sp³-hybridized carbons (Fsp3) is 0.622. The van der Waals surface area contributed by atoms with Crippen LogP contribution in [0.1, 0.15) is 88.4 Å². The Morgan fingerprint density at radius 2 is 1.79 bits per heavy atom. The first-order valence-corrected chi connectivity index (χ1v) is 19.0. The molecular weight excluding hydrogens is 715 g/mol. The minimum atomic E-state index is -0.800. The second-order valence-corrected chi connectivity index (χ2v) is 16.9. The van der Waals surface area contributed by atoms with Gasteiger partial charge in [0, 0.05) is 55.1 Å². The second-order valence-electron chi connectivity index (χ2n) is 15.2. The zero-order chi connectivity index (χ0) is 34.6. The van der Waals surface area contributed by atoms with Crippen LogP contribution in [0.2, 0.25) is 10.0 Å². The van der Waals surface area contributed by atoms with E-state index in [9.17, 15) is 19.8 Å². The molecule has 2 aromatic carbocycles. The lowest BCUT2D eigenvalue weighted by Crippen LogP contribution is -2.61. The molecule has 2 aliphatic carbocycles. The number of nitrogens with one attached hydrogen (secondary N) is 2. The summed E-state index contributed by atoms with van der Waals surface area (Å²) in [5.41, 5.74) is 2.59. The molecule has 1 saturated carbocycles. The van der Waals surface area contributed by atoms with Gasteiger partial charge >= 0.3 is 0 Å². The standard InChI is InChI=1S/C37H51BrCl2N4O4/c1-37(2,3)42-36(48)32-22-43(20-24-9-12-30(39)31(40)16-24)13-14-44(32)21-28(45)17-26(15-23-7-5-4-6-8-23)35(47)41-34-29-19-27(38)11-10-25(29)18-33(34)46/h9-12,16,19,23,26,28,32-34,45-46H,4-8,13-15,17-18,20-22H2,1-3H3,(H,41,47)(H,42,48)/t26-,28+,32+,33-,34+/m1/s1. The van der Waals surface area contributed by atoms with Crippen LogP contribution in [0.15, 0.2) is 40.9 Å². The van der Waals surface area contributed by atoms with Crippen molar-refractivity contribution in [3.8, 4) is 0 Å². The van der Waals surface area contributed by atoms with Gasteiger partial charge in [-0.15, -0.1) is 0 Å². The van der Waals surface area contributed by atoms with Gasteiger partial charge in [0.05, 0.1) is 28.3 Å². The molecule has 0 bridgehead atoms. The maximum absolute atomic E-state index is 14.0. The quantitative estimate of drug-likeness (QED) is 0.215. The molecule has 2 aromatic rings. The number of carbonyl (C=O) groups excluding carboxylic acids is 2. The highest BCUT2D eigenvalue weighted by atomic mass is 79.9. The van der Waals surface area contributed by atoms with Crippen molar-refractivity contribution in [3.63, 3.8) is 0 Å². The summed E-state index contributed by atoms with van der Waals surface area (Å²) in [5.74, 6) is -0.161. The molecule has 1 saturated heterocycles. The van der Waals surface area contributed by atoms with Crippen LogP contribution >= 0.6 is 39.1 Å². The zero-order valence-corrected chi connectivity index (χ0v) is 31.5. The third-order valence-electron chi connectivity index (χ3n) is 10.0. The first-order valence-electron chi connectivity index (χ1n) is 17.4. The summed E-state index contributed by atoms with van der Waals surface area (Å²) >= 11 is 15.9. The van der Waals surface area contributed by atoms with Crippen molar-refractivity contribution in [2.45, 2.75) is 109 Å². The molecule has 0 aromatic heterocycles. The van der Waals surface area contributed by atoms with E-state index in [0.29, 0.717) is 67.9 Å². The van der Waals surface area contributed by atoms with E-state index >= 15 is 0 Å². The molecule has 0 radical (unpaired) electrons. The summed E-state index contributed by atoms with van der Waals surface area (Å²) in [5, 5.41) is 29.8. The van der Waals surface area contributed by atoms with E-state index in [-0.39, 0.29) is 11.8 Å². The number of benzene rings is 2. The Hall–Kier alpha value is -1.72. The van der Waals surface area contributed by atoms with E-state index < -0.39 is 35.7 Å². The normalized spacial score (nSPS) is 23.8. The topological polar surface area (TPSA) is 105 Å². The summed E-state index contributed by atoms with van der Waals surface area (Å²) in [6, 6.07) is 10.6. The third-order valence-corrected chi connectivity index (χ3v) is 11.3. The van der Waals surface area contributed by atoms with Gasteiger partial charge in [0.25, 0.3) is 0 Å². The molecule has 2 amide bonds. The number of aliphatic hydroxyl groups is 2. The number of aliphatic hydroxyl groups excluding tert-OH is 2. The number of hydrogen-bond donors (Lipinski definition) is 4. The molecule has 2 fully saturated rings. The Kier molecular flexibility index (Phi) is 12.9. The first kappa shape index (κ1) is 37.5. The summed E-state index contributed by atoms with van der Waals surface area (Å²) in [4.78, 5) is 31.9. The van der Waals surface area contributed by atoms with Gasteiger partial charge < -0.3 is 20.8 Å². The van der Waals surface area contributed by atoms with Crippen LogP contribution in [0.4, 0.5) is 0 Å². The summed E-state index contributed by atoms with van der Waals surface area (Å²) < 4.78 is 0.908. The highest BCUT2D eigenvalue weighted by Gasteiger charge is 2.38.